The molecule has 1 atom stereocenters. The van der Waals surface area contributed by atoms with E-state index in [0.717, 1.165) is 31.0 Å². The maximum absolute atomic E-state index is 14.4. The number of rotatable bonds is 12. The van der Waals surface area contributed by atoms with E-state index in [1.807, 2.05) is 87.5 Å². The summed E-state index contributed by atoms with van der Waals surface area (Å²) in [4.78, 5) is 29.6. The lowest BCUT2D eigenvalue weighted by molar-refractivity contribution is -0.140. The van der Waals surface area contributed by atoms with Gasteiger partial charge in [-0.25, -0.2) is 8.42 Å². The van der Waals surface area contributed by atoms with Gasteiger partial charge < -0.3 is 10.2 Å². The Morgan fingerprint density at radius 2 is 1.49 bits per heavy atom. The fourth-order valence-electron chi connectivity index (χ4n) is 5.00. The van der Waals surface area contributed by atoms with Crippen LogP contribution in [0.25, 0.3) is 0 Å². The molecule has 0 saturated heterocycles. The van der Waals surface area contributed by atoms with Crippen LogP contribution in [0.4, 0.5) is 5.69 Å². The largest absolute Gasteiger partial charge is 0.355 e. The first kappa shape index (κ1) is 32.0. The van der Waals surface area contributed by atoms with Gasteiger partial charge in [0, 0.05) is 24.0 Å². The van der Waals surface area contributed by atoms with Crippen molar-refractivity contribution in [3.05, 3.63) is 130 Å². The highest BCUT2D eigenvalue weighted by atomic mass is 79.9. The van der Waals surface area contributed by atoms with Crippen LogP contribution >= 0.6 is 15.9 Å². The zero-order valence-corrected chi connectivity index (χ0v) is 26.9. The first-order valence-corrected chi connectivity index (χ1v) is 16.3. The van der Waals surface area contributed by atoms with Crippen LogP contribution in [-0.4, -0.2) is 44.3 Å². The zero-order valence-electron chi connectivity index (χ0n) is 24.5. The van der Waals surface area contributed by atoms with Crippen molar-refractivity contribution < 1.29 is 18.0 Å². The minimum Gasteiger partial charge on any atom is -0.355 e. The summed E-state index contributed by atoms with van der Waals surface area (Å²) in [5.74, 6) is -0.801. The van der Waals surface area contributed by atoms with E-state index in [2.05, 4.69) is 21.2 Å². The average molecular weight is 663 g/mol. The van der Waals surface area contributed by atoms with Crippen molar-refractivity contribution in [2.45, 2.75) is 44.7 Å². The monoisotopic (exact) mass is 661 g/mol. The maximum atomic E-state index is 14.4. The summed E-state index contributed by atoms with van der Waals surface area (Å²) >= 11 is 3.50. The van der Waals surface area contributed by atoms with Crippen LogP contribution in [0.5, 0.6) is 0 Å². The summed E-state index contributed by atoms with van der Waals surface area (Å²) in [6.07, 6.45) is 0.265. The summed E-state index contributed by atoms with van der Waals surface area (Å²) in [5, 5.41) is 2.88. The number of hydrogen-bond donors (Lipinski definition) is 1. The number of nitrogens with one attached hydrogen (secondary N) is 1. The van der Waals surface area contributed by atoms with Gasteiger partial charge in [-0.1, -0.05) is 94.3 Å². The van der Waals surface area contributed by atoms with E-state index in [0.29, 0.717) is 12.2 Å². The van der Waals surface area contributed by atoms with Gasteiger partial charge in [-0.3, -0.25) is 13.9 Å². The number of halogens is 1. The number of nitrogens with zero attached hydrogens (tertiary/aromatic N) is 2. The number of amides is 2. The summed E-state index contributed by atoms with van der Waals surface area (Å²) in [5.41, 5.74) is 3.78. The van der Waals surface area contributed by atoms with Crippen LogP contribution in [0.2, 0.25) is 0 Å². The van der Waals surface area contributed by atoms with E-state index in [4.69, 9.17) is 0 Å². The van der Waals surface area contributed by atoms with Crippen molar-refractivity contribution in [1.29, 1.82) is 0 Å². The van der Waals surface area contributed by atoms with Gasteiger partial charge in [-0.05, 0) is 67.8 Å². The minimum atomic E-state index is -4.13. The third kappa shape index (κ3) is 8.12. The molecule has 0 saturated carbocycles. The van der Waals surface area contributed by atoms with E-state index in [1.165, 1.54) is 17.0 Å². The van der Waals surface area contributed by atoms with Gasteiger partial charge in [0.1, 0.15) is 12.6 Å². The number of carbonyl (C=O) groups excluding carboxylic acids is 2. The molecule has 0 bridgehead atoms. The normalized spacial score (nSPS) is 11.9. The molecule has 0 radical (unpaired) electrons. The standard InChI is InChI=1S/C34H36BrN3O4S/c1-4-36-34(40)32(22-27-12-7-5-8-13-27)37(23-28-14-11-15-29(35)21-28)33(39)24-38(31-19-18-25(2)20-26(31)3)43(41,42)30-16-9-6-10-17-30/h5-21,32H,4,22-24H2,1-3H3,(H,36,40)/t32-/m1/s1. The van der Waals surface area contributed by atoms with Gasteiger partial charge in [-0.15, -0.1) is 0 Å². The van der Waals surface area contributed by atoms with Crippen molar-refractivity contribution in [3.8, 4) is 0 Å². The molecule has 7 nitrogen and oxygen atoms in total. The molecule has 0 aliphatic carbocycles. The second-order valence-corrected chi connectivity index (χ2v) is 13.1. The maximum Gasteiger partial charge on any atom is 0.264 e. The van der Waals surface area contributed by atoms with E-state index in [1.54, 1.807) is 24.3 Å². The Kier molecular flexibility index (Phi) is 10.8. The van der Waals surface area contributed by atoms with Gasteiger partial charge in [-0.2, -0.15) is 0 Å². The summed E-state index contributed by atoms with van der Waals surface area (Å²) in [6.45, 7) is 5.59. The van der Waals surface area contributed by atoms with E-state index >= 15 is 0 Å². The molecule has 2 amide bonds. The number of anilines is 1. The minimum absolute atomic E-state index is 0.0749. The third-order valence-electron chi connectivity index (χ3n) is 7.10. The Labute approximate surface area is 262 Å². The Bertz CT molecular complexity index is 1660. The molecular formula is C34H36BrN3O4S. The zero-order chi connectivity index (χ0) is 31.0. The number of carbonyl (C=O) groups is 2. The Morgan fingerprint density at radius 1 is 0.837 bits per heavy atom. The first-order valence-electron chi connectivity index (χ1n) is 14.1. The smallest absolute Gasteiger partial charge is 0.264 e. The predicted molar refractivity (Wildman–Crippen MR) is 174 cm³/mol. The Hall–Kier alpha value is -3.95. The number of likely N-dealkylation sites (N-methyl/N-ethyl adjacent to an activating group) is 1. The molecule has 43 heavy (non-hydrogen) atoms. The number of hydrogen-bond acceptors (Lipinski definition) is 4. The van der Waals surface area contributed by atoms with Crippen LogP contribution in [0.15, 0.2) is 112 Å². The van der Waals surface area contributed by atoms with Gasteiger partial charge >= 0.3 is 0 Å². The van der Waals surface area contributed by atoms with Crippen molar-refractivity contribution in [3.63, 3.8) is 0 Å². The highest BCUT2D eigenvalue weighted by Crippen LogP contribution is 2.28. The highest BCUT2D eigenvalue weighted by Gasteiger charge is 2.35. The third-order valence-corrected chi connectivity index (χ3v) is 9.36. The number of benzene rings is 4. The molecule has 4 aromatic carbocycles. The van der Waals surface area contributed by atoms with Gasteiger partial charge in [0.25, 0.3) is 10.0 Å². The molecule has 1 N–H and O–H groups in total. The predicted octanol–water partition coefficient (Wildman–Crippen LogP) is 6.04. The van der Waals surface area contributed by atoms with E-state index in [-0.39, 0.29) is 23.8 Å². The second-order valence-electron chi connectivity index (χ2n) is 10.4. The first-order chi connectivity index (χ1) is 20.6. The summed E-state index contributed by atoms with van der Waals surface area (Å²) in [6, 6.07) is 29.6. The van der Waals surface area contributed by atoms with Crippen LogP contribution in [0.1, 0.15) is 29.2 Å². The van der Waals surface area contributed by atoms with Crippen molar-refractivity contribution in [2.75, 3.05) is 17.4 Å². The molecule has 0 aromatic heterocycles. The molecule has 0 spiro atoms. The van der Waals surface area contributed by atoms with Gasteiger partial charge in [0.2, 0.25) is 11.8 Å². The van der Waals surface area contributed by atoms with Gasteiger partial charge in [0.05, 0.1) is 10.6 Å². The molecule has 224 valence electrons. The number of sulfonamides is 1. The Balaban J connectivity index is 1.81. The molecule has 0 heterocycles. The van der Waals surface area contributed by atoms with Gasteiger partial charge in [0.15, 0.2) is 0 Å². The lowest BCUT2D eigenvalue weighted by Crippen LogP contribution is -2.53. The molecular weight excluding hydrogens is 626 g/mol. The molecule has 4 aromatic rings. The van der Waals surface area contributed by atoms with Crippen molar-refractivity contribution >= 4 is 43.5 Å². The molecule has 0 aliphatic rings. The SMILES string of the molecule is CCNC(=O)[C@@H](Cc1ccccc1)N(Cc1cccc(Br)c1)C(=O)CN(c1ccc(C)cc1C)S(=O)(=O)c1ccccc1. The molecule has 9 heteroatoms. The Morgan fingerprint density at radius 3 is 2.12 bits per heavy atom. The van der Waals surface area contributed by atoms with E-state index < -0.39 is 28.5 Å². The summed E-state index contributed by atoms with van der Waals surface area (Å²) in [7, 11) is -4.13. The average Bonchev–Trinajstić information content (AvgIpc) is 2.99. The van der Waals surface area contributed by atoms with Crippen LogP contribution in [0, 0.1) is 13.8 Å². The van der Waals surface area contributed by atoms with Crippen molar-refractivity contribution in [1.82, 2.24) is 10.2 Å². The summed E-state index contributed by atoms with van der Waals surface area (Å²) < 4.78 is 30.2. The van der Waals surface area contributed by atoms with Crippen LogP contribution in [-0.2, 0) is 32.6 Å². The van der Waals surface area contributed by atoms with Crippen molar-refractivity contribution in [2.24, 2.45) is 0 Å². The van der Waals surface area contributed by atoms with Crippen LogP contribution < -0.4 is 9.62 Å². The van der Waals surface area contributed by atoms with Crippen LogP contribution in [0.3, 0.4) is 0 Å². The topological polar surface area (TPSA) is 86.8 Å². The molecule has 0 aliphatic heterocycles. The fraction of sp³-hybridized carbons (Fsp3) is 0.235. The second kappa shape index (κ2) is 14.5. The van der Waals surface area contributed by atoms with E-state index in [9.17, 15) is 18.0 Å². The number of aryl methyl sites for hydroxylation is 2. The lowest BCUT2D eigenvalue weighted by atomic mass is 10.0. The molecule has 4 rings (SSSR count). The molecule has 0 fully saturated rings. The fourth-order valence-corrected chi connectivity index (χ4v) is 6.94. The quantitative estimate of drug-likeness (QED) is 0.201. The highest BCUT2D eigenvalue weighted by molar-refractivity contribution is 9.10. The molecule has 0 unspecified atom stereocenters. The lowest BCUT2D eigenvalue weighted by Gasteiger charge is -2.34.